The van der Waals surface area contributed by atoms with Gasteiger partial charge in [-0.1, -0.05) is 12.1 Å². The van der Waals surface area contributed by atoms with Gasteiger partial charge in [0.05, 0.1) is 27.4 Å². The average molecular weight is 547 g/mol. The summed E-state index contributed by atoms with van der Waals surface area (Å²) >= 11 is 0. The Morgan fingerprint density at radius 2 is 1.74 bits per heavy atom. The van der Waals surface area contributed by atoms with Crippen molar-refractivity contribution >= 4 is 29.9 Å². The second-order valence-electron chi connectivity index (χ2n) is 6.55. The highest BCUT2D eigenvalue weighted by Crippen LogP contribution is 2.28. The Hall–Kier alpha value is -2.27. The van der Waals surface area contributed by atoms with Gasteiger partial charge in [-0.15, -0.1) is 24.0 Å². The van der Waals surface area contributed by atoms with E-state index in [2.05, 4.69) is 10.3 Å². The standard InChI is InChI=1S/C22H30FN3O4.HI/c1-5-24-22(26(2)15-17-7-8-19(28-3)18(23)12-17)25-14-16-6-9-20(30-11-10-27)21(13-16)29-4;/h6-9,12-13,27H,5,10-11,14-15H2,1-4H3,(H,24,25);1H. The Balaban J connectivity index is 0.00000480. The number of ether oxygens (including phenoxy) is 3. The van der Waals surface area contributed by atoms with Crippen LogP contribution in [-0.4, -0.2) is 57.0 Å². The van der Waals surface area contributed by atoms with Gasteiger partial charge in [-0.3, -0.25) is 0 Å². The van der Waals surface area contributed by atoms with E-state index in [-0.39, 0.29) is 48.8 Å². The first-order chi connectivity index (χ1) is 14.5. The van der Waals surface area contributed by atoms with Gasteiger partial charge < -0.3 is 29.5 Å². The Kier molecular flexibility index (Phi) is 12.0. The quantitative estimate of drug-likeness (QED) is 0.270. The van der Waals surface area contributed by atoms with E-state index < -0.39 is 0 Å². The predicted octanol–water partition coefficient (Wildman–Crippen LogP) is 3.43. The number of hydrogen-bond acceptors (Lipinski definition) is 5. The van der Waals surface area contributed by atoms with E-state index in [1.165, 1.54) is 13.2 Å². The maximum Gasteiger partial charge on any atom is 0.194 e. The molecule has 7 nitrogen and oxygen atoms in total. The molecule has 2 rings (SSSR count). The zero-order valence-electron chi connectivity index (χ0n) is 18.4. The van der Waals surface area contributed by atoms with Gasteiger partial charge in [-0.25, -0.2) is 9.38 Å². The first-order valence-electron chi connectivity index (χ1n) is 9.74. The summed E-state index contributed by atoms with van der Waals surface area (Å²) in [7, 11) is 4.91. The van der Waals surface area contributed by atoms with Crippen molar-refractivity contribution in [3.05, 3.63) is 53.3 Å². The summed E-state index contributed by atoms with van der Waals surface area (Å²) in [5, 5.41) is 12.2. The number of aliphatic imine (C=N–C) groups is 1. The number of aliphatic hydroxyl groups excluding tert-OH is 1. The lowest BCUT2D eigenvalue weighted by atomic mass is 10.2. The Labute approximate surface area is 200 Å². The summed E-state index contributed by atoms with van der Waals surface area (Å²) < 4.78 is 29.8. The number of benzene rings is 2. The van der Waals surface area contributed by atoms with Gasteiger partial charge in [0.1, 0.15) is 6.61 Å². The molecule has 0 heterocycles. The summed E-state index contributed by atoms with van der Waals surface area (Å²) in [6.45, 7) is 3.76. The van der Waals surface area contributed by atoms with Gasteiger partial charge >= 0.3 is 0 Å². The first-order valence-corrected chi connectivity index (χ1v) is 9.74. The molecule has 0 radical (unpaired) electrons. The molecule has 0 fully saturated rings. The van der Waals surface area contributed by atoms with E-state index in [1.54, 1.807) is 19.2 Å². The number of aliphatic hydroxyl groups is 1. The number of hydrogen-bond donors (Lipinski definition) is 2. The molecule has 0 aliphatic carbocycles. The molecule has 0 aromatic heterocycles. The van der Waals surface area contributed by atoms with Crippen molar-refractivity contribution in [1.82, 2.24) is 10.2 Å². The fourth-order valence-corrected chi connectivity index (χ4v) is 2.88. The van der Waals surface area contributed by atoms with Crippen LogP contribution in [0, 0.1) is 5.82 Å². The number of rotatable bonds is 10. The lowest BCUT2D eigenvalue weighted by molar-refractivity contribution is 0.196. The molecule has 2 aromatic carbocycles. The third-order valence-electron chi connectivity index (χ3n) is 4.32. The molecular formula is C22H31FIN3O4. The average Bonchev–Trinajstić information content (AvgIpc) is 2.75. The second kappa shape index (κ2) is 13.9. The molecule has 0 aliphatic heterocycles. The van der Waals surface area contributed by atoms with E-state index in [9.17, 15) is 4.39 Å². The third-order valence-corrected chi connectivity index (χ3v) is 4.32. The number of halogens is 2. The highest BCUT2D eigenvalue weighted by atomic mass is 127. The van der Waals surface area contributed by atoms with Gasteiger partial charge in [0.15, 0.2) is 29.0 Å². The second-order valence-corrected chi connectivity index (χ2v) is 6.55. The van der Waals surface area contributed by atoms with Crippen molar-refractivity contribution in [3.63, 3.8) is 0 Å². The zero-order chi connectivity index (χ0) is 21.9. The molecule has 2 aromatic rings. The Bertz CT molecular complexity index is 852. The molecule has 0 bridgehead atoms. The number of guanidine groups is 1. The summed E-state index contributed by atoms with van der Waals surface area (Å²) in [5.41, 5.74) is 1.76. The van der Waals surface area contributed by atoms with Gasteiger partial charge in [0.2, 0.25) is 0 Å². The van der Waals surface area contributed by atoms with Gasteiger partial charge in [-0.05, 0) is 42.3 Å². The highest BCUT2D eigenvalue weighted by molar-refractivity contribution is 14.0. The van der Waals surface area contributed by atoms with Crippen LogP contribution >= 0.6 is 24.0 Å². The van der Waals surface area contributed by atoms with E-state index in [0.29, 0.717) is 37.1 Å². The molecule has 0 saturated heterocycles. The lowest BCUT2D eigenvalue weighted by Crippen LogP contribution is -2.38. The predicted molar refractivity (Wildman–Crippen MR) is 130 cm³/mol. The largest absolute Gasteiger partial charge is 0.494 e. The summed E-state index contributed by atoms with van der Waals surface area (Å²) in [4.78, 5) is 6.61. The number of methoxy groups -OCH3 is 2. The topological polar surface area (TPSA) is 75.6 Å². The molecule has 0 unspecified atom stereocenters. The van der Waals surface area contributed by atoms with Crippen molar-refractivity contribution in [3.8, 4) is 17.2 Å². The fourth-order valence-electron chi connectivity index (χ4n) is 2.88. The fraction of sp³-hybridized carbons (Fsp3) is 0.409. The van der Waals surface area contributed by atoms with Gasteiger partial charge in [-0.2, -0.15) is 0 Å². The summed E-state index contributed by atoms with van der Waals surface area (Å²) in [6.07, 6.45) is 0. The van der Waals surface area contributed by atoms with E-state index in [4.69, 9.17) is 19.3 Å². The molecule has 0 atom stereocenters. The van der Waals surface area contributed by atoms with Gasteiger partial charge in [0.25, 0.3) is 0 Å². The lowest BCUT2D eigenvalue weighted by Gasteiger charge is -2.22. The van der Waals surface area contributed by atoms with Crippen LogP contribution in [-0.2, 0) is 13.1 Å². The molecule has 0 spiro atoms. The van der Waals surface area contributed by atoms with Crippen LogP contribution < -0.4 is 19.5 Å². The van der Waals surface area contributed by atoms with Crippen LogP contribution in [0.5, 0.6) is 17.2 Å². The first kappa shape index (κ1) is 26.8. The maximum atomic E-state index is 14.0. The number of nitrogens with zero attached hydrogens (tertiary/aromatic N) is 2. The SMILES string of the molecule is CCNC(=NCc1ccc(OCCO)c(OC)c1)N(C)Cc1ccc(OC)c(F)c1.I. The van der Waals surface area contributed by atoms with E-state index >= 15 is 0 Å². The normalized spacial score (nSPS) is 10.8. The van der Waals surface area contributed by atoms with Crippen LogP contribution in [0.15, 0.2) is 41.4 Å². The summed E-state index contributed by atoms with van der Waals surface area (Å²) in [6, 6.07) is 10.5. The van der Waals surface area contributed by atoms with Crippen molar-refractivity contribution in [1.29, 1.82) is 0 Å². The molecule has 2 N–H and O–H groups in total. The maximum absolute atomic E-state index is 14.0. The minimum atomic E-state index is -0.388. The Morgan fingerprint density at radius 1 is 1.06 bits per heavy atom. The monoisotopic (exact) mass is 547 g/mol. The summed E-state index contributed by atoms with van der Waals surface area (Å²) in [5.74, 6) is 1.70. The molecule has 31 heavy (non-hydrogen) atoms. The van der Waals surface area contributed by atoms with Crippen molar-refractivity contribution in [2.45, 2.75) is 20.0 Å². The van der Waals surface area contributed by atoms with Crippen molar-refractivity contribution < 1.29 is 23.7 Å². The Morgan fingerprint density at radius 3 is 2.35 bits per heavy atom. The minimum absolute atomic E-state index is 0. The highest BCUT2D eigenvalue weighted by Gasteiger charge is 2.10. The number of nitrogens with one attached hydrogen (secondary N) is 1. The van der Waals surface area contributed by atoms with E-state index in [1.807, 2.05) is 37.1 Å². The third kappa shape index (κ3) is 8.06. The van der Waals surface area contributed by atoms with Crippen LogP contribution in [0.4, 0.5) is 4.39 Å². The molecule has 0 aliphatic rings. The molecule has 9 heteroatoms. The molecule has 0 amide bonds. The van der Waals surface area contributed by atoms with Crippen molar-refractivity contribution in [2.75, 3.05) is 41.0 Å². The van der Waals surface area contributed by atoms with E-state index in [0.717, 1.165) is 11.1 Å². The minimum Gasteiger partial charge on any atom is -0.494 e. The zero-order valence-corrected chi connectivity index (χ0v) is 20.7. The van der Waals surface area contributed by atoms with Crippen LogP contribution in [0.25, 0.3) is 0 Å². The van der Waals surface area contributed by atoms with Crippen molar-refractivity contribution in [2.24, 2.45) is 4.99 Å². The van der Waals surface area contributed by atoms with Gasteiger partial charge in [0, 0.05) is 20.1 Å². The molecule has 172 valence electrons. The molecular weight excluding hydrogens is 516 g/mol. The van der Waals surface area contributed by atoms with Crippen LogP contribution in [0.2, 0.25) is 0 Å². The smallest absolute Gasteiger partial charge is 0.194 e. The van der Waals surface area contributed by atoms with Crippen LogP contribution in [0.1, 0.15) is 18.1 Å². The molecule has 0 saturated carbocycles. The van der Waals surface area contributed by atoms with Crippen LogP contribution in [0.3, 0.4) is 0 Å².